The van der Waals surface area contributed by atoms with Crippen molar-refractivity contribution < 1.29 is 5.11 Å². The molecule has 1 unspecified atom stereocenters. The lowest BCUT2D eigenvalue weighted by atomic mass is 9.80. The number of hydrogen-bond acceptors (Lipinski definition) is 2. The Morgan fingerprint density at radius 2 is 2.14 bits per heavy atom. The van der Waals surface area contributed by atoms with Crippen LogP contribution in [0, 0.1) is 23.2 Å². The van der Waals surface area contributed by atoms with Gasteiger partial charge in [-0.2, -0.15) is 0 Å². The molecule has 0 spiro atoms. The molecule has 0 aliphatic carbocycles. The van der Waals surface area contributed by atoms with Crippen molar-refractivity contribution in [3.05, 3.63) is 35.4 Å². The van der Waals surface area contributed by atoms with Crippen LogP contribution >= 0.6 is 0 Å². The van der Waals surface area contributed by atoms with Crippen LogP contribution in [-0.4, -0.2) is 29.7 Å². The molecule has 1 aliphatic heterocycles. The molecule has 2 rings (SSSR count). The van der Waals surface area contributed by atoms with Crippen LogP contribution in [-0.2, 0) is 6.54 Å². The first-order valence-electron chi connectivity index (χ1n) is 7.90. The molecule has 114 valence electrons. The third-order valence-corrected chi connectivity index (χ3v) is 4.30. The van der Waals surface area contributed by atoms with Crippen LogP contribution in [0.5, 0.6) is 0 Å². The van der Waals surface area contributed by atoms with E-state index < -0.39 is 0 Å². The van der Waals surface area contributed by atoms with E-state index in [1.807, 2.05) is 6.07 Å². The van der Waals surface area contributed by atoms with Crippen molar-refractivity contribution in [2.24, 2.45) is 11.3 Å². The van der Waals surface area contributed by atoms with E-state index in [9.17, 15) is 0 Å². The molecular weight excluding hydrogens is 258 g/mol. The second-order valence-electron chi connectivity index (χ2n) is 7.06. The van der Waals surface area contributed by atoms with Crippen molar-refractivity contribution in [3.8, 4) is 11.8 Å². The summed E-state index contributed by atoms with van der Waals surface area (Å²) in [5, 5.41) is 8.77. The minimum Gasteiger partial charge on any atom is -0.395 e. The van der Waals surface area contributed by atoms with Crippen LogP contribution in [0.1, 0.15) is 44.7 Å². The Hall–Kier alpha value is -1.30. The van der Waals surface area contributed by atoms with Crippen molar-refractivity contribution in [1.29, 1.82) is 0 Å². The van der Waals surface area contributed by atoms with E-state index in [1.54, 1.807) is 0 Å². The van der Waals surface area contributed by atoms with Gasteiger partial charge in [0.15, 0.2) is 0 Å². The number of likely N-dealkylation sites (tertiary alicyclic amines) is 1. The standard InChI is InChI=1S/C19H27NO/c1-19(2,3)18-10-11-20(15-18)14-17-9-6-8-16(13-17)7-4-5-12-21/h6,8-9,13,18,21H,5,10-12,14-15H2,1-3H3. The first-order valence-corrected chi connectivity index (χ1v) is 7.90. The van der Waals surface area contributed by atoms with Crippen molar-refractivity contribution in [2.45, 2.75) is 40.2 Å². The van der Waals surface area contributed by atoms with Gasteiger partial charge in [0.05, 0.1) is 6.61 Å². The molecule has 1 aromatic carbocycles. The summed E-state index contributed by atoms with van der Waals surface area (Å²) in [6.45, 7) is 10.6. The Labute approximate surface area is 129 Å². The summed E-state index contributed by atoms with van der Waals surface area (Å²) >= 11 is 0. The van der Waals surface area contributed by atoms with Gasteiger partial charge in [-0.05, 0) is 42.0 Å². The van der Waals surface area contributed by atoms with Gasteiger partial charge in [0.1, 0.15) is 0 Å². The minimum atomic E-state index is 0.134. The molecule has 1 N–H and O–H groups in total. The highest BCUT2D eigenvalue weighted by atomic mass is 16.2. The minimum absolute atomic E-state index is 0.134. The molecule has 1 fully saturated rings. The van der Waals surface area contributed by atoms with E-state index in [0.29, 0.717) is 11.8 Å². The predicted octanol–water partition coefficient (Wildman–Crippen LogP) is 3.29. The zero-order valence-electron chi connectivity index (χ0n) is 13.5. The second kappa shape index (κ2) is 7.11. The fraction of sp³-hybridized carbons (Fsp3) is 0.579. The average molecular weight is 285 g/mol. The molecule has 2 heteroatoms. The summed E-state index contributed by atoms with van der Waals surface area (Å²) in [5.74, 6) is 6.90. The maximum absolute atomic E-state index is 8.77. The van der Waals surface area contributed by atoms with Gasteiger partial charge >= 0.3 is 0 Å². The third-order valence-electron chi connectivity index (χ3n) is 4.30. The topological polar surface area (TPSA) is 23.5 Å². The summed E-state index contributed by atoms with van der Waals surface area (Å²) in [7, 11) is 0. The molecule has 1 aliphatic rings. The molecule has 1 aromatic rings. The highest BCUT2D eigenvalue weighted by molar-refractivity contribution is 5.37. The highest BCUT2D eigenvalue weighted by Crippen LogP contribution is 2.34. The van der Waals surface area contributed by atoms with Crippen molar-refractivity contribution in [1.82, 2.24) is 4.90 Å². The zero-order chi connectivity index (χ0) is 15.3. The number of aliphatic hydroxyl groups excluding tert-OH is 1. The highest BCUT2D eigenvalue weighted by Gasteiger charge is 2.31. The lowest BCUT2D eigenvalue weighted by Gasteiger charge is -2.27. The molecule has 0 radical (unpaired) electrons. The molecule has 0 bridgehead atoms. The van der Waals surface area contributed by atoms with Gasteiger partial charge in [0.25, 0.3) is 0 Å². The van der Waals surface area contributed by atoms with Gasteiger partial charge in [0.2, 0.25) is 0 Å². The number of benzene rings is 1. The largest absolute Gasteiger partial charge is 0.395 e. The van der Waals surface area contributed by atoms with E-state index >= 15 is 0 Å². The van der Waals surface area contributed by atoms with Gasteiger partial charge in [-0.1, -0.05) is 44.7 Å². The van der Waals surface area contributed by atoms with Gasteiger partial charge in [-0.3, -0.25) is 4.90 Å². The first-order chi connectivity index (χ1) is 9.99. The smallest absolute Gasteiger partial charge is 0.0540 e. The summed E-state index contributed by atoms with van der Waals surface area (Å²) in [5.41, 5.74) is 2.79. The molecule has 0 saturated carbocycles. The first kappa shape index (κ1) is 16.1. The lowest BCUT2D eigenvalue weighted by Crippen LogP contribution is -2.25. The quantitative estimate of drug-likeness (QED) is 0.862. The fourth-order valence-corrected chi connectivity index (χ4v) is 2.91. The van der Waals surface area contributed by atoms with Gasteiger partial charge in [-0.15, -0.1) is 0 Å². The molecule has 21 heavy (non-hydrogen) atoms. The number of aliphatic hydroxyl groups is 1. The van der Waals surface area contributed by atoms with Crippen LogP contribution in [0.3, 0.4) is 0 Å². The lowest BCUT2D eigenvalue weighted by molar-refractivity contribution is 0.226. The van der Waals surface area contributed by atoms with Crippen LogP contribution in [0.4, 0.5) is 0 Å². The van der Waals surface area contributed by atoms with Crippen molar-refractivity contribution in [2.75, 3.05) is 19.7 Å². The molecule has 2 nitrogen and oxygen atoms in total. The number of hydrogen-bond donors (Lipinski definition) is 1. The Morgan fingerprint density at radius 3 is 2.81 bits per heavy atom. The summed E-state index contributed by atoms with van der Waals surface area (Å²) in [6.07, 6.45) is 1.85. The number of rotatable bonds is 3. The Balaban J connectivity index is 1.95. The van der Waals surface area contributed by atoms with Gasteiger partial charge < -0.3 is 5.11 Å². The SMILES string of the molecule is CC(C)(C)C1CCN(Cc2cccc(C#CCCO)c2)C1. The van der Waals surface area contributed by atoms with E-state index in [0.717, 1.165) is 18.0 Å². The van der Waals surface area contributed by atoms with Crippen LogP contribution < -0.4 is 0 Å². The summed E-state index contributed by atoms with van der Waals surface area (Å²) < 4.78 is 0. The second-order valence-corrected chi connectivity index (χ2v) is 7.06. The monoisotopic (exact) mass is 285 g/mol. The Bertz CT molecular complexity index is 518. The summed E-state index contributed by atoms with van der Waals surface area (Å²) in [6, 6.07) is 8.47. The Morgan fingerprint density at radius 1 is 1.33 bits per heavy atom. The summed E-state index contributed by atoms with van der Waals surface area (Å²) in [4.78, 5) is 2.55. The van der Waals surface area contributed by atoms with Crippen molar-refractivity contribution in [3.63, 3.8) is 0 Å². The van der Waals surface area contributed by atoms with E-state index in [1.165, 1.54) is 25.1 Å². The molecule has 1 atom stereocenters. The van der Waals surface area contributed by atoms with E-state index in [4.69, 9.17) is 5.11 Å². The molecular formula is C19H27NO. The van der Waals surface area contributed by atoms with E-state index in [-0.39, 0.29) is 6.61 Å². The van der Waals surface area contributed by atoms with E-state index in [2.05, 4.69) is 55.7 Å². The third kappa shape index (κ3) is 4.88. The predicted molar refractivity (Wildman–Crippen MR) is 87.9 cm³/mol. The molecule has 0 amide bonds. The average Bonchev–Trinajstić information content (AvgIpc) is 2.88. The van der Waals surface area contributed by atoms with Gasteiger partial charge in [-0.25, -0.2) is 0 Å². The van der Waals surface area contributed by atoms with Crippen LogP contribution in [0.25, 0.3) is 0 Å². The maximum Gasteiger partial charge on any atom is 0.0540 e. The normalized spacial score (nSPS) is 19.3. The maximum atomic E-state index is 8.77. The fourth-order valence-electron chi connectivity index (χ4n) is 2.91. The zero-order valence-corrected chi connectivity index (χ0v) is 13.5. The van der Waals surface area contributed by atoms with Crippen molar-refractivity contribution >= 4 is 0 Å². The van der Waals surface area contributed by atoms with Crippen LogP contribution in [0.2, 0.25) is 0 Å². The van der Waals surface area contributed by atoms with Crippen LogP contribution in [0.15, 0.2) is 24.3 Å². The molecule has 1 saturated heterocycles. The molecule has 0 aromatic heterocycles. The molecule has 1 heterocycles. The Kier molecular flexibility index (Phi) is 5.45. The van der Waals surface area contributed by atoms with Gasteiger partial charge in [0, 0.05) is 25.1 Å². The number of nitrogens with zero attached hydrogens (tertiary/aromatic N) is 1.